The molecule has 0 amide bonds. The maximum absolute atomic E-state index is 13.0. The molecule has 0 aromatic rings. The monoisotopic (exact) mass is 583 g/mol. The summed E-state index contributed by atoms with van der Waals surface area (Å²) in [4.78, 5) is 35.5. The topological polar surface area (TPSA) is 157 Å². The van der Waals surface area contributed by atoms with Crippen LogP contribution in [0.5, 0.6) is 0 Å². The van der Waals surface area contributed by atoms with Crippen LogP contribution >= 0.6 is 42.4 Å². The number of hydrogen-bond acceptors (Lipinski definition) is 12. The smallest absolute Gasteiger partial charge is 0.330 e. The second kappa shape index (κ2) is 14.0. The van der Waals surface area contributed by atoms with Crippen molar-refractivity contribution in [2.45, 2.75) is 75.5 Å². The van der Waals surface area contributed by atoms with Crippen molar-refractivity contribution in [3.8, 4) is 0 Å². The number of rotatable bonds is 11. The molecule has 202 valence electrons. The number of hydrogen-bond donors (Lipinski definition) is 1. The summed E-state index contributed by atoms with van der Waals surface area (Å²) in [5, 5.41) is 7.88. The Labute approximate surface area is 218 Å². The molecule has 1 N–H and O–H groups in total. The fraction of sp³-hybridized carbons (Fsp3) is 0.789. The number of nitrogens with one attached hydrogen (secondary N) is 1. The van der Waals surface area contributed by atoms with E-state index in [0.29, 0.717) is 0 Å². The predicted molar refractivity (Wildman–Crippen MR) is 125 cm³/mol. The standard InChI is InChI=1S/C19H29Cl3NO11P/c1-6-28-35(27,29-7-2)9-8-13-14(30-10(3)24)15(31-11(4)25)16(32-12(5)26)17(33-13)34-18(23)19(20,21)22/h13-17,23H,6-9H2,1-5H3/t13-,14-,15+,16+,17?/m1/s1. The lowest BCUT2D eigenvalue weighted by Gasteiger charge is -2.44. The predicted octanol–water partition coefficient (Wildman–Crippen LogP) is 3.53. The van der Waals surface area contributed by atoms with Gasteiger partial charge in [-0.1, -0.05) is 34.8 Å². The minimum Gasteiger partial charge on any atom is -0.456 e. The van der Waals surface area contributed by atoms with Crippen molar-refractivity contribution in [3.05, 3.63) is 0 Å². The molecule has 1 rings (SSSR count). The van der Waals surface area contributed by atoms with Crippen molar-refractivity contribution in [2.24, 2.45) is 0 Å². The number of ether oxygens (including phenoxy) is 5. The van der Waals surface area contributed by atoms with Gasteiger partial charge in [-0.3, -0.25) is 24.4 Å². The number of esters is 3. The highest BCUT2D eigenvalue weighted by atomic mass is 35.6. The zero-order chi connectivity index (χ0) is 27.0. The molecule has 1 heterocycles. The molecule has 1 fully saturated rings. The molecular weight excluding hydrogens is 556 g/mol. The molecule has 0 radical (unpaired) electrons. The Kier molecular flexibility index (Phi) is 12.7. The molecule has 1 unspecified atom stereocenters. The highest BCUT2D eigenvalue weighted by molar-refractivity contribution is 7.53. The van der Waals surface area contributed by atoms with Gasteiger partial charge in [-0.15, -0.1) is 0 Å². The van der Waals surface area contributed by atoms with Crippen LogP contribution in [0.25, 0.3) is 0 Å². The summed E-state index contributed by atoms with van der Waals surface area (Å²) in [5.41, 5.74) is 0. The molecule has 0 saturated carbocycles. The van der Waals surface area contributed by atoms with Crippen molar-refractivity contribution in [3.63, 3.8) is 0 Å². The zero-order valence-electron chi connectivity index (χ0n) is 19.8. The van der Waals surface area contributed by atoms with Crippen LogP contribution in [0.2, 0.25) is 0 Å². The highest BCUT2D eigenvalue weighted by Crippen LogP contribution is 2.49. The highest BCUT2D eigenvalue weighted by Gasteiger charge is 2.54. The van der Waals surface area contributed by atoms with Crippen LogP contribution in [0.15, 0.2) is 0 Å². The third kappa shape index (κ3) is 10.4. The number of carbonyl (C=O) groups excluding carboxylic acids is 3. The Hall–Kier alpha value is -1.14. The summed E-state index contributed by atoms with van der Waals surface area (Å²) in [7, 11) is -3.57. The van der Waals surface area contributed by atoms with Gasteiger partial charge in [0.2, 0.25) is 18.3 Å². The Balaban J connectivity index is 3.44. The van der Waals surface area contributed by atoms with Crippen LogP contribution in [0.1, 0.15) is 41.0 Å². The van der Waals surface area contributed by atoms with E-state index in [2.05, 4.69) is 0 Å². The zero-order valence-corrected chi connectivity index (χ0v) is 22.9. The van der Waals surface area contributed by atoms with Crippen LogP contribution in [0, 0.1) is 5.41 Å². The van der Waals surface area contributed by atoms with Crippen molar-refractivity contribution in [1.82, 2.24) is 0 Å². The van der Waals surface area contributed by atoms with Crippen LogP contribution in [-0.4, -0.2) is 77.7 Å². The van der Waals surface area contributed by atoms with Gasteiger partial charge in [-0.2, -0.15) is 0 Å². The lowest BCUT2D eigenvalue weighted by Crippen LogP contribution is -2.62. The summed E-state index contributed by atoms with van der Waals surface area (Å²) in [6.45, 7) is 6.73. The van der Waals surface area contributed by atoms with Gasteiger partial charge in [0.1, 0.15) is 6.10 Å². The van der Waals surface area contributed by atoms with Crippen molar-refractivity contribution in [2.75, 3.05) is 19.4 Å². The molecule has 0 bridgehead atoms. The maximum atomic E-state index is 13.0. The number of carbonyl (C=O) groups is 3. The van der Waals surface area contributed by atoms with Crippen molar-refractivity contribution in [1.29, 1.82) is 5.41 Å². The molecule has 0 spiro atoms. The first kappa shape index (κ1) is 31.9. The molecule has 1 aliphatic rings. The van der Waals surface area contributed by atoms with Crippen molar-refractivity contribution >= 4 is 66.2 Å². The van der Waals surface area contributed by atoms with Crippen LogP contribution < -0.4 is 0 Å². The van der Waals surface area contributed by atoms with Gasteiger partial charge in [0, 0.05) is 20.8 Å². The fourth-order valence-electron chi connectivity index (χ4n) is 3.21. The quantitative estimate of drug-likeness (QED) is 0.0946. The Bertz CT molecular complexity index is 812. The van der Waals surface area contributed by atoms with E-state index in [9.17, 15) is 18.9 Å². The Morgan fingerprint density at radius 3 is 1.74 bits per heavy atom. The first-order valence-corrected chi connectivity index (χ1v) is 13.4. The van der Waals surface area contributed by atoms with Crippen LogP contribution in [0.3, 0.4) is 0 Å². The summed E-state index contributed by atoms with van der Waals surface area (Å²) in [6.07, 6.45) is -7.41. The average Bonchev–Trinajstić information content (AvgIpc) is 2.69. The lowest BCUT2D eigenvalue weighted by molar-refractivity contribution is -0.287. The largest absolute Gasteiger partial charge is 0.456 e. The second-order valence-electron chi connectivity index (χ2n) is 7.17. The van der Waals surface area contributed by atoms with Crippen molar-refractivity contribution < 1.29 is 51.7 Å². The number of alkyl halides is 3. The third-order valence-electron chi connectivity index (χ3n) is 4.33. The average molecular weight is 585 g/mol. The molecule has 16 heteroatoms. The number of halogens is 3. The molecule has 1 aliphatic heterocycles. The first-order chi connectivity index (χ1) is 16.1. The van der Waals surface area contributed by atoms with Gasteiger partial charge < -0.3 is 32.7 Å². The van der Waals surface area contributed by atoms with Gasteiger partial charge >= 0.3 is 25.5 Å². The molecular formula is C19H29Cl3NO11P. The SMILES string of the molecule is CCOP(=O)(CC[C@H]1OC(OC(=N)C(Cl)(Cl)Cl)[C@@H](OC(C)=O)[C@@H](OC(C)=O)[C@@H]1OC(C)=O)OCC. The van der Waals surface area contributed by atoms with E-state index in [1.165, 1.54) is 0 Å². The molecule has 0 aromatic carbocycles. The summed E-state index contributed by atoms with van der Waals surface area (Å²) >= 11 is 17.1. The molecule has 12 nitrogen and oxygen atoms in total. The van der Waals surface area contributed by atoms with E-state index in [-0.39, 0.29) is 25.8 Å². The van der Waals surface area contributed by atoms with E-state index < -0.39 is 65.9 Å². The van der Waals surface area contributed by atoms with E-state index in [0.717, 1.165) is 20.8 Å². The Morgan fingerprint density at radius 1 is 0.857 bits per heavy atom. The van der Waals surface area contributed by atoms with E-state index in [4.69, 9.17) is 72.9 Å². The second-order valence-corrected chi connectivity index (χ2v) is 11.6. The molecule has 5 atom stereocenters. The summed E-state index contributed by atoms with van der Waals surface area (Å²) in [6, 6.07) is 0. The fourth-order valence-corrected chi connectivity index (χ4v) is 5.03. The van der Waals surface area contributed by atoms with Gasteiger partial charge in [0.25, 0.3) is 3.79 Å². The minimum atomic E-state index is -3.57. The maximum Gasteiger partial charge on any atom is 0.330 e. The molecule has 1 saturated heterocycles. The van der Waals surface area contributed by atoms with E-state index in [1.807, 2.05) is 0 Å². The lowest BCUT2D eigenvalue weighted by atomic mass is 9.96. The molecule has 35 heavy (non-hydrogen) atoms. The van der Waals surface area contributed by atoms with Crippen LogP contribution in [0.4, 0.5) is 0 Å². The minimum absolute atomic E-state index is 0.104. The van der Waals surface area contributed by atoms with Gasteiger partial charge in [-0.25, -0.2) is 0 Å². The van der Waals surface area contributed by atoms with Crippen LogP contribution in [-0.2, 0) is 51.7 Å². The van der Waals surface area contributed by atoms with E-state index in [1.54, 1.807) is 13.8 Å². The summed E-state index contributed by atoms with van der Waals surface area (Å²) in [5.74, 6) is -3.30. The van der Waals surface area contributed by atoms with Gasteiger partial charge in [-0.05, 0) is 20.3 Å². The molecule has 0 aromatic heterocycles. The normalized spacial score (nSPS) is 24.9. The Morgan fingerprint density at radius 2 is 1.31 bits per heavy atom. The molecule has 0 aliphatic carbocycles. The van der Waals surface area contributed by atoms with Gasteiger partial charge in [0.05, 0.1) is 19.4 Å². The van der Waals surface area contributed by atoms with Gasteiger partial charge in [0.15, 0.2) is 12.2 Å². The van der Waals surface area contributed by atoms with E-state index >= 15 is 0 Å². The third-order valence-corrected chi connectivity index (χ3v) is 6.95. The summed E-state index contributed by atoms with van der Waals surface area (Å²) < 4.78 is 48.2. The first-order valence-electron chi connectivity index (χ1n) is 10.5.